The summed E-state index contributed by atoms with van der Waals surface area (Å²) in [6.45, 7) is 2.06. The molecule has 0 saturated heterocycles. The molecule has 4 aromatic rings. The van der Waals surface area contributed by atoms with E-state index in [0.29, 0.717) is 17.9 Å². The summed E-state index contributed by atoms with van der Waals surface area (Å²) in [5, 5.41) is 19.5. The number of hydrogen-bond acceptors (Lipinski definition) is 3. The third kappa shape index (κ3) is 3.70. The lowest BCUT2D eigenvalue weighted by molar-refractivity contribution is 0.0383. The minimum absolute atomic E-state index is 0.0359. The Balaban J connectivity index is 1.38. The molecule has 0 fully saturated rings. The number of fused-ring (bicyclic) bond motifs is 2. The lowest BCUT2D eigenvalue weighted by Crippen LogP contribution is -2.43. The number of carbonyl (C=O) groups excluding carboxylic acids is 1. The van der Waals surface area contributed by atoms with Crippen molar-refractivity contribution < 1.29 is 14.3 Å². The van der Waals surface area contributed by atoms with Crippen LogP contribution in [-0.4, -0.2) is 17.7 Å². The van der Waals surface area contributed by atoms with Crippen LogP contribution in [-0.2, 0) is 12.1 Å². The van der Waals surface area contributed by atoms with Gasteiger partial charge in [-0.15, -0.1) is 0 Å². The third-order valence-electron chi connectivity index (χ3n) is 4.87. The lowest BCUT2D eigenvalue weighted by atomic mass is 10.0. The van der Waals surface area contributed by atoms with Crippen LogP contribution >= 0.6 is 0 Å². The average molecular weight is 374 g/mol. The fourth-order valence-corrected chi connectivity index (χ4v) is 3.27. The summed E-state index contributed by atoms with van der Waals surface area (Å²) in [5.41, 5.74) is 0.436. The summed E-state index contributed by atoms with van der Waals surface area (Å²) in [6, 6.07) is 23.1. The highest BCUT2D eigenvalue weighted by atomic mass is 16.4. The van der Waals surface area contributed by atoms with E-state index >= 15 is 0 Å². The van der Waals surface area contributed by atoms with Crippen LogP contribution in [0.4, 0.5) is 4.79 Å². The normalized spacial score (nSPS) is 13.4. The zero-order valence-electron chi connectivity index (χ0n) is 15.6. The lowest BCUT2D eigenvalue weighted by Gasteiger charge is -2.21. The van der Waals surface area contributed by atoms with Gasteiger partial charge in [0.05, 0.1) is 6.54 Å². The smallest absolute Gasteiger partial charge is 0.315 e. The van der Waals surface area contributed by atoms with Gasteiger partial charge in [0, 0.05) is 11.9 Å². The molecule has 3 aromatic carbocycles. The summed E-state index contributed by atoms with van der Waals surface area (Å²) >= 11 is 0. The topological polar surface area (TPSA) is 74.5 Å². The number of furan rings is 1. The van der Waals surface area contributed by atoms with Gasteiger partial charge in [-0.2, -0.15) is 0 Å². The third-order valence-corrected chi connectivity index (χ3v) is 4.87. The highest BCUT2D eigenvalue weighted by molar-refractivity contribution is 5.86. The maximum atomic E-state index is 12.2. The Morgan fingerprint density at radius 2 is 1.68 bits per heavy atom. The highest BCUT2D eigenvalue weighted by Gasteiger charge is 2.28. The molecule has 0 spiro atoms. The van der Waals surface area contributed by atoms with Crippen LogP contribution in [0.2, 0.25) is 0 Å². The van der Waals surface area contributed by atoms with Crippen molar-refractivity contribution in [1.82, 2.24) is 10.6 Å². The Kier molecular flexibility index (Phi) is 4.75. The van der Waals surface area contributed by atoms with Crippen molar-refractivity contribution in [1.29, 1.82) is 0 Å². The van der Waals surface area contributed by atoms with Crippen molar-refractivity contribution in [2.45, 2.75) is 19.1 Å². The second kappa shape index (κ2) is 7.37. The first kappa shape index (κ1) is 18.1. The molecular weight excluding hydrogens is 352 g/mol. The highest BCUT2D eigenvalue weighted by Crippen LogP contribution is 2.27. The van der Waals surface area contributed by atoms with Gasteiger partial charge < -0.3 is 20.2 Å². The molecule has 0 radical (unpaired) electrons. The molecule has 1 atom stereocenters. The number of nitrogens with one attached hydrogen (secondary N) is 2. The van der Waals surface area contributed by atoms with Gasteiger partial charge >= 0.3 is 6.03 Å². The summed E-state index contributed by atoms with van der Waals surface area (Å²) in [5.74, 6) is 0.419. The zero-order chi connectivity index (χ0) is 19.6. The van der Waals surface area contributed by atoms with Crippen molar-refractivity contribution in [2.75, 3.05) is 6.54 Å². The Morgan fingerprint density at radius 1 is 0.964 bits per heavy atom. The second-order valence-electron chi connectivity index (χ2n) is 7.10. The minimum atomic E-state index is -1.31. The summed E-state index contributed by atoms with van der Waals surface area (Å²) < 4.78 is 5.72. The van der Waals surface area contributed by atoms with Crippen LogP contribution < -0.4 is 10.6 Å². The quantitative estimate of drug-likeness (QED) is 0.488. The van der Waals surface area contributed by atoms with E-state index in [1.165, 1.54) is 0 Å². The van der Waals surface area contributed by atoms with Crippen LogP contribution in [0.25, 0.3) is 21.7 Å². The predicted molar refractivity (Wildman–Crippen MR) is 110 cm³/mol. The largest absolute Gasteiger partial charge is 0.458 e. The van der Waals surface area contributed by atoms with Crippen molar-refractivity contribution in [2.24, 2.45) is 0 Å². The van der Waals surface area contributed by atoms with Gasteiger partial charge in [0.1, 0.15) is 16.9 Å². The molecule has 0 aliphatic carbocycles. The van der Waals surface area contributed by atoms with Crippen LogP contribution in [0.1, 0.15) is 18.2 Å². The van der Waals surface area contributed by atoms with Gasteiger partial charge in [-0.3, -0.25) is 0 Å². The van der Waals surface area contributed by atoms with Crippen molar-refractivity contribution >= 4 is 27.8 Å². The number of benzene rings is 3. The summed E-state index contributed by atoms with van der Waals surface area (Å²) in [7, 11) is 0. The predicted octanol–water partition coefficient (Wildman–Crippen LogP) is 4.29. The number of carbonyl (C=O) groups is 1. The van der Waals surface area contributed by atoms with Gasteiger partial charge in [-0.1, -0.05) is 60.7 Å². The van der Waals surface area contributed by atoms with E-state index < -0.39 is 5.60 Å². The van der Waals surface area contributed by atoms with Gasteiger partial charge in [0.2, 0.25) is 0 Å². The number of rotatable bonds is 5. The van der Waals surface area contributed by atoms with Crippen molar-refractivity contribution in [3.05, 3.63) is 84.1 Å². The molecule has 1 unspecified atom stereocenters. The number of para-hydroxylation sites is 1. The molecular formula is C23H22N2O3. The van der Waals surface area contributed by atoms with Crippen LogP contribution in [0.5, 0.6) is 0 Å². The van der Waals surface area contributed by atoms with E-state index in [1.54, 1.807) is 13.0 Å². The molecule has 0 saturated carbocycles. The fraction of sp³-hybridized carbons (Fsp3) is 0.174. The standard InChI is InChI=1S/C23H22N2O3/c1-23(27,21-13-17-8-3-5-12-20(17)28-21)15-25-22(26)24-14-18-10-6-9-16-7-2-4-11-19(16)18/h2-13,27H,14-15H2,1H3,(H2,24,25,26). The second-order valence-corrected chi connectivity index (χ2v) is 7.10. The molecule has 5 heteroatoms. The Bertz CT molecular complexity index is 1090. The van der Waals surface area contributed by atoms with Gasteiger partial charge in [-0.25, -0.2) is 4.79 Å². The number of urea groups is 1. The van der Waals surface area contributed by atoms with Crippen LogP contribution in [0.15, 0.2) is 77.2 Å². The summed E-state index contributed by atoms with van der Waals surface area (Å²) in [6.07, 6.45) is 0. The van der Waals surface area contributed by atoms with E-state index in [2.05, 4.69) is 10.6 Å². The Labute approximate surface area is 163 Å². The van der Waals surface area contributed by atoms with Crippen molar-refractivity contribution in [3.63, 3.8) is 0 Å². The number of aliphatic hydroxyl groups is 1. The van der Waals surface area contributed by atoms with Crippen molar-refractivity contribution in [3.8, 4) is 0 Å². The number of amides is 2. The SMILES string of the molecule is CC(O)(CNC(=O)NCc1cccc2ccccc12)c1cc2ccccc2o1. The first-order valence-corrected chi connectivity index (χ1v) is 9.23. The molecule has 4 rings (SSSR count). The zero-order valence-corrected chi connectivity index (χ0v) is 15.6. The first-order valence-electron chi connectivity index (χ1n) is 9.23. The molecule has 28 heavy (non-hydrogen) atoms. The Hall–Kier alpha value is -3.31. The molecule has 5 nitrogen and oxygen atoms in total. The molecule has 1 aromatic heterocycles. The summed E-state index contributed by atoms with van der Waals surface area (Å²) in [4.78, 5) is 12.2. The monoisotopic (exact) mass is 374 g/mol. The maximum absolute atomic E-state index is 12.2. The molecule has 1 heterocycles. The number of hydrogen-bond donors (Lipinski definition) is 3. The minimum Gasteiger partial charge on any atom is -0.458 e. The molecule has 2 amide bonds. The molecule has 0 bridgehead atoms. The average Bonchev–Trinajstić information content (AvgIpc) is 3.16. The molecule has 3 N–H and O–H groups in total. The molecule has 0 aliphatic heterocycles. The van der Waals surface area contributed by atoms with Crippen LogP contribution in [0, 0.1) is 0 Å². The first-order chi connectivity index (χ1) is 13.5. The molecule has 0 aliphatic rings. The van der Waals surface area contributed by atoms with Gasteiger partial charge in [-0.05, 0) is 35.4 Å². The van der Waals surface area contributed by atoms with E-state index in [1.807, 2.05) is 66.7 Å². The molecule has 142 valence electrons. The van der Waals surface area contributed by atoms with Crippen LogP contribution in [0.3, 0.4) is 0 Å². The van der Waals surface area contributed by atoms with E-state index in [9.17, 15) is 9.90 Å². The van der Waals surface area contributed by atoms with E-state index in [-0.39, 0.29) is 12.6 Å². The maximum Gasteiger partial charge on any atom is 0.315 e. The van der Waals surface area contributed by atoms with Gasteiger partial charge in [0.15, 0.2) is 0 Å². The van der Waals surface area contributed by atoms with Gasteiger partial charge in [0.25, 0.3) is 0 Å². The van der Waals surface area contributed by atoms with E-state index in [0.717, 1.165) is 21.7 Å². The fourth-order valence-electron chi connectivity index (χ4n) is 3.27. The Morgan fingerprint density at radius 3 is 2.50 bits per heavy atom. The van der Waals surface area contributed by atoms with E-state index in [4.69, 9.17) is 4.42 Å².